The van der Waals surface area contributed by atoms with Crippen molar-refractivity contribution in [1.29, 1.82) is 0 Å². The van der Waals surface area contributed by atoms with Gasteiger partial charge in [0.15, 0.2) is 23.0 Å². The predicted octanol–water partition coefficient (Wildman–Crippen LogP) is 2.38. The minimum absolute atomic E-state index is 0.0112. The van der Waals surface area contributed by atoms with Crippen LogP contribution in [0.15, 0.2) is 24.3 Å². The van der Waals surface area contributed by atoms with Gasteiger partial charge in [-0.1, -0.05) is 6.07 Å². The number of aliphatic hydroxyl groups excluding tert-OH is 2. The van der Waals surface area contributed by atoms with Crippen LogP contribution in [0.1, 0.15) is 11.1 Å². The molecule has 0 bridgehead atoms. The van der Waals surface area contributed by atoms with Crippen molar-refractivity contribution in [1.82, 2.24) is 0 Å². The fourth-order valence-corrected chi connectivity index (χ4v) is 3.63. The van der Waals surface area contributed by atoms with Crippen LogP contribution >= 0.6 is 0 Å². The maximum Gasteiger partial charge on any atom is 0.201 e. The van der Waals surface area contributed by atoms with E-state index in [0.29, 0.717) is 35.8 Å². The number of benzene rings is 2. The molecule has 1 aliphatic rings. The molecule has 2 aromatic carbocycles. The molecule has 0 spiro atoms. The van der Waals surface area contributed by atoms with Gasteiger partial charge in [-0.3, -0.25) is 0 Å². The molecule has 3 rings (SSSR count). The molecule has 2 atom stereocenters. The maximum atomic E-state index is 10.1. The number of phenolic OH excluding ortho intramolecular Hbond substituents is 2. The zero-order valence-electron chi connectivity index (χ0n) is 18.9. The van der Waals surface area contributed by atoms with Crippen LogP contribution < -0.4 is 18.9 Å². The van der Waals surface area contributed by atoms with Crippen molar-refractivity contribution in [2.24, 2.45) is 11.8 Å². The lowest BCUT2D eigenvalue weighted by molar-refractivity contribution is 0.112. The van der Waals surface area contributed by atoms with E-state index in [1.54, 1.807) is 24.3 Å². The SMILES string of the molecule is C#C.COc1cc2c(c(OC)c1O)C[C@H](CO)[C@H](CO)C2.COc1cccc(OC)c1O. The van der Waals surface area contributed by atoms with E-state index in [0.717, 1.165) is 11.1 Å². The average Bonchev–Trinajstić information content (AvgIpc) is 2.84. The molecule has 0 amide bonds. The Bertz CT molecular complexity index is 856. The smallest absolute Gasteiger partial charge is 0.201 e. The molecule has 2 aromatic rings. The summed E-state index contributed by atoms with van der Waals surface area (Å²) in [6.45, 7) is 0.0524. The van der Waals surface area contributed by atoms with E-state index in [1.165, 1.54) is 28.4 Å². The third-order valence-corrected chi connectivity index (χ3v) is 5.33. The van der Waals surface area contributed by atoms with Gasteiger partial charge in [0, 0.05) is 18.8 Å². The number of hydrogen-bond acceptors (Lipinski definition) is 8. The molecule has 8 nitrogen and oxygen atoms in total. The summed E-state index contributed by atoms with van der Waals surface area (Å²) in [5.74, 6) is 1.66. The Morgan fingerprint density at radius 3 is 1.72 bits per heavy atom. The predicted molar refractivity (Wildman–Crippen MR) is 121 cm³/mol. The molecule has 0 fully saturated rings. The van der Waals surface area contributed by atoms with Crippen LogP contribution in [-0.4, -0.2) is 62.1 Å². The highest BCUT2D eigenvalue weighted by atomic mass is 16.5. The van der Waals surface area contributed by atoms with E-state index in [9.17, 15) is 20.4 Å². The van der Waals surface area contributed by atoms with Gasteiger partial charge in [0.1, 0.15) is 0 Å². The summed E-state index contributed by atoms with van der Waals surface area (Å²) < 4.78 is 20.1. The third kappa shape index (κ3) is 5.90. The van der Waals surface area contributed by atoms with Gasteiger partial charge in [-0.05, 0) is 48.4 Å². The number of terminal acetylenes is 1. The highest BCUT2D eigenvalue weighted by molar-refractivity contribution is 5.59. The van der Waals surface area contributed by atoms with E-state index in [2.05, 4.69) is 12.8 Å². The van der Waals surface area contributed by atoms with Crippen LogP contribution in [0, 0.1) is 24.7 Å². The van der Waals surface area contributed by atoms with E-state index >= 15 is 0 Å². The number of rotatable bonds is 6. The molecule has 0 saturated carbocycles. The molecule has 0 aliphatic heterocycles. The number of aliphatic hydroxyl groups is 2. The Labute approximate surface area is 189 Å². The molecule has 0 saturated heterocycles. The number of fused-ring (bicyclic) bond motifs is 1. The standard InChI is InChI=1S/C14H20O5.C8H10O3.C2H2/c1-18-12-5-8-3-9(6-15)10(7-16)4-11(8)14(19-2)13(12)17;1-10-6-4-3-5-7(11-2)8(6)9;1-2/h5,9-10,15-17H,3-4,6-7H2,1-2H3;3-5,9H,1-2H3;1-2H/t9-,10+;;/m0../s1. The van der Waals surface area contributed by atoms with Crippen LogP contribution in [-0.2, 0) is 12.8 Å². The number of para-hydroxylation sites is 1. The van der Waals surface area contributed by atoms with Crippen molar-refractivity contribution in [2.45, 2.75) is 12.8 Å². The molecule has 8 heteroatoms. The van der Waals surface area contributed by atoms with Gasteiger partial charge in [0.25, 0.3) is 0 Å². The first-order valence-electron chi connectivity index (χ1n) is 9.86. The molecule has 176 valence electrons. The zero-order chi connectivity index (χ0) is 24.3. The molecule has 1 aliphatic carbocycles. The van der Waals surface area contributed by atoms with E-state index in [1.807, 2.05) is 0 Å². The summed E-state index contributed by atoms with van der Waals surface area (Å²) in [6.07, 6.45) is 9.22. The van der Waals surface area contributed by atoms with Crippen molar-refractivity contribution in [3.05, 3.63) is 35.4 Å². The fourth-order valence-electron chi connectivity index (χ4n) is 3.63. The molecule has 0 heterocycles. The molecule has 0 unspecified atom stereocenters. The molecular weight excluding hydrogens is 416 g/mol. The summed E-state index contributed by atoms with van der Waals surface area (Å²) in [6, 6.07) is 6.86. The lowest BCUT2D eigenvalue weighted by Crippen LogP contribution is -2.31. The van der Waals surface area contributed by atoms with Crippen molar-refractivity contribution >= 4 is 0 Å². The Morgan fingerprint density at radius 2 is 1.28 bits per heavy atom. The summed E-state index contributed by atoms with van der Waals surface area (Å²) in [5, 5.41) is 38.2. The first-order valence-corrected chi connectivity index (χ1v) is 9.86. The number of methoxy groups -OCH3 is 4. The Kier molecular flexibility index (Phi) is 11.0. The number of hydrogen-bond donors (Lipinski definition) is 4. The van der Waals surface area contributed by atoms with Gasteiger partial charge in [0.05, 0.1) is 28.4 Å². The van der Waals surface area contributed by atoms with Gasteiger partial charge in [-0.2, -0.15) is 0 Å². The minimum atomic E-state index is -0.0146. The first-order chi connectivity index (χ1) is 15.4. The van der Waals surface area contributed by atoms with Crippen molar-refractivity contribution in [3.63, 3.8) is 0 Å². The van der Waals surface area contributed by atoms with Crippen LogP contribution in [0.4, 0.5) is 0 Å². The fraction of sp³-hybridized carbons (Fsp3) is 0.417. The lowest BCUT2D eigenvalue weighted by atomic mass is 9.76. The topological polar surface area (TPSA) is 118 Å². The Balaban J connectivity index is 0.000000335. The second-order valence-corrected chi connectivity index (χ2v) is 6.90. The molecule has 0 aromatic heterocycles. The van der Waals surface area contributed by atoms with Gasteiger partial charge < -0.3 is 39.4 Å². The lowest BCUT2D eigenvalue weighted by Gasteiger charge is -2.32. The van der Waals surface area contributed by atoms with E-state index in [-0.39, 0.29) is 36.5 Å². The summed E-state index contributed by atoms with van der Waals surface area (Å²) >= 11 is 0. The monoisotopic (exact) mass is 448 g/mol. The Morgan fingerprint density at radius 1 is 0.781 bits per heavy atom. The minimum Gasteiger partial charge on any atom is -0.502 e. The molecule has 4 N–H and O–H groups in total. The number of aromatic hydroxyl groups is 2. The zero-order valence-corrected chi connectivity index (χ0v) is 18.9. The third-order valence-electron chi connectivity index (χ3n) is 5.33. The maximum absolute atomic E-state index is 10.1. The van der Waals surface area contributed by atoms with Crippen LogP contribution in [0.5, 0.6) is 34.5 Å². The largest absolute Gasteiger partial charge is 0.502 e. The Hall–Kier alpha value is -3.28. The second-order valence-electron chi connectivity index (χ2n) is 6.90. The van der Waals surface area contributed by atoms with Crippen LogP contribution in [0.3, 0.4) is 0 Å². The van der Waals surface area contributed by atoms with Gasteiger partial charge >= 0.3 is 0 Å². The number of phenols is 2. The van der Waals surface area contributed by atoms with Crippen LogP contribution in [0.25, 0.3) is 0 Å². The average molecular weight is 449 g/mol. The van der Waals surface area contributed by atoms with Gasteiger partial charge in [0.2, 0.25) is 11.5 Å². The van der Waals surface area contributed by atoms with Crippen molar-refractivity contribution in [2.75, 3.05) is 41.7 Å². The van der Waals surface area contributed by atoms with E-state index in [4.69, 9.17) is 18.9 Å². The van der Waals surface area contributed by atoms with Crippen molar-refractivity contribution < 1.29 is 39.4 Å². The quantitative estimate of drug-likeness (QED) is 0.498. The first kappa shape index (κ1) is 26.8. The van der Waals surface area contributed by atoms with Crippen LogP contribution in [0.2, 0.25) is 0 Å². The summed E-state index contributed by atoms with van der Waals surface area (Å²) in [7, 11) is 5.98. The number of ether oxygens (including phenoxy) is 4. The molecular formula is C24H32O8. The second kappa shape index (κ2) is 13.2. The van der Waals surface area contributed by atoms with Gasteiger partial charge in [-0.15, -0.1) is 12.8 Å². The normalized spacial score (nSPS) is 16.2. The van der Waals surface area contributed by atoms with E-state index < -0.39 is 0 Å². The molecule has 32 heavy (non-hydrogen) atoms. The summed E-state index contributed by atoms with van der Waals surface area (Å²) in [4.78, 5) is 0. The highest BCUT2D eigenvalue weighted by Gasteiger charge is 2.31. The highest BCUT2D eigenvalue weighted by Crippen LogP contribution is 2.45. The van der Waals surface area contributed by atoms with Crippen molar-refractivity contribution in [3.8, 4) is 47.3 Å². The summed E-state index contributed by atoms with van der Waals surface area (Å²) in [5.41, 5.74) is 1.89. The van der Waals surface area contributed by atoms with Gasteiger partial charge in [-0.25, -0.2) is 0 Å². The molecule has 0 radical (unpaired) electrons.